The normalized spacial score (nSPS) is 14.0. The number of nitrogens with one attached hydrogen (secondary N) is 2. The molecule has 0 atom stereocenters. The van der Waals surface area contributed by atoms with Crippen LogP contribution in [0, 0.1) is 5.92 Å². The molecule has 0 saturated heterocycles. The van der Waals surface area contributed by atoms with Crippen molar-refractivity contribution < 1.29 is 9.59 Å². The van der Waals surface area contributed by atoms with Crippen LogP contribution in [0.5, 0.6) is 0 Å². The highest BCUT2D eigenvalue weighted by molar-refractivity contribution is 7.13. The van der Waals surface area contributed by atoms with E-state index in [1.807, 2.05) is 31.4 Å². The zero-order chi connectivity index (χ0) is 18.3. The van der Waals surface area contributed by atoms with Gasteiger partial charge < -0.3 is 0 Å². The minimum Gasteiger partial charge on any atom is -0.273 e. The average molecular weight is 369 g/mol. The van der Waals surface area contributed by atoms with E-state index < -0.39 is 0 Å². The van der Waals surface area contributed by atoms with Crippen molar-refractivity contribution in [2.45, 2.75) is 32.7 Å². The zero-order valence-electron chi connectivity index (χ0n) is 14.5. The Labute approximate surface area is 154 Å². The molecule has 0 aliphatic heterocycles. The van der Waals surface area contributed by atoms with E-state index in [2.05, 4.69) is 16.0 Å². The van der Waals surface area contributed by atoms with Crippen molar-refractivity contribution in [1.82, 2.24) is 25.6 Å². The molecule has 1 fully saturated rings. The lowest BCUT2D eigenvalue weighted by Gasteiger charge is -2.11. The summed E-state index contributed by atoms with van der Waals surface area (Å²) in [5.74, 6) is -0.481. The van der Waals surface area contributed by atoms with E-state index in [0.29, 0.717) is 22.3 Å². The lowest BCUT2D eigenvalue weighted by Crippen LogP contribution is -2.42. The van der Waals surface area contributed by atoms with Crippen LogP contribution in [-0.4, -0.2) is 26.6 Å². The minimum atomic E-state index is -0.368. The molecule has 8 heteroatoms. The van der Waals surface area contributed by atoms with Gasteiger partial charge in [0.25, 0.3) is 5.91 Å². The maximum atomic E-state index is 12.7. The fourth-order valence-electron chi connectivity index (χ4n) is 2.77. The van der Waals surface area contributed by atoms with E-state index >= 15 is 0 Å². The summed E-state index contributed by atoms with van der Waals surface area (Å²) in [7, 11) is 0. The summed E-state index contributed by atoms with van der Waals surface area (Å²) < 4.78 is 1.80. The van der Waals surface area contributed by atoms with Gasteiger partial charge in [-0.1, -0.05) is 6.07 Å². The van der Waals surface area contributed by atoms with Gasteiger partial charge in [0.05, 0.1) is 27.7 Å². The molecule has 1 aliphatic carbocycles. The van der Waals surface area contributed by atoms with Crippen molar-refractivity contribution >= 4 is 34.2 Å². The van der Waals surface area contributed by atoms with Crippen LogP contribution in [0.1, 0.15) is 43.1 Å². The molecule has 4 rings (SSSR count). The number of hydrogen-bond acceptors (Lipinski definition) is 5. The predicted octanol–water partition coefficient (Wildman–Crippen LogP) is 2.91. The van der Waals surface area contributed by atoms with E-state index in [-0.39, 0.29) is 23.8 Å². The Balaban J connectivity index is 1.74. The van der Waals surface area contributed by atoms with Crippen molar-refractivity contribution in [3.05, 3.63) is 35.3 Å². The van der Waals surface area contributed by atoms with Gasteiger partial charge in [0.15, 0.2) is 5.65 Å². The molecule has 1 aliphatic rings. The summed E-state index contributed by atoms with van der Waals surface area (Å²) in [6, 6.07) is 5.77. The Morgan fingerprint density at radius 2 is 2.12 bits per heavy atom. The van der Waals surface area contributed by atoms with E-state index in [4.69, 9.17) is 4.98 Å². The monoisotopic (exact) mass is 369 g/mol. The van der Waals surface area contributed by atoms with Crippen LogP contribution >= 0.6 is 11.3 Å². The summed E-state index contributed by atoms with van der Waals surface area (Å²) in [6.07, 6.45) is 3.41. The number of amides is 2. The predicted molar refractivity (Wildman–Crippen MR) is 99.6 cm³/mol. The molecule has 0 aromatic carbocycles. The largest absolute Gasteiger partial charge is 0.273 e. The quantitative estimate of drug-likeness (QED) is 0.692. The van der Waals surface area contributed by atoms with Gasteiger partial charge in [0, 0.05) is 12.0 Å². The number of hydrazine groups is 1. The van der Waals surface area contributed by atoms with Crippen LogP contribution in [0.4, 0.5) is 0 Å². The number of carbonyl (C=O) groups excluding carboxylic acids is 2. The molecule has 0 unspecified atom stereocenters. The maximum Gasteiger partial charge on any atom is 0.270 e. The third-order valence-corrected chi connectivity index (χ3v) is 5.21. The fraction of sp³-hybridized carbons (Fsp3) is 0.333. The molecule has 2 N–H and O–H groups in total. The second-order valence-electron chi connectivity index (χ2n) is 6.67. The lowest BCUT2D eigenvalue weighted by atomic mass is 10.1. The highest BCUT2D eigenvalue weighted by Crippen LogP contribution is 2.29. The van der Waals surface area contributed by atoms with E-state index in [1.165, 1.54) is 0 Å². The molecular formula is C18H19N5O2S. The van der Waals surface area contributed by atoms with Crippen molar-refractivity contribution in [2.24, 2.45) is 5.92 Å². The van der Waals surface area contributed by atoms with Gasteiger partial charge in [-0.3, -0.25) is 20.4 Å². The second-order valence-corrected chi connectivity index (χ2v) is 7.62. The number of aromatic nitrogens is 3. The maximum absolute atomic E-state index is 12.7. The second kappa shape index (κ2) is 6.53. The van der Waals surface area contributed by atoms with E-state index in [0.717, 1.165) is 17.7 Å². The van der Waals surface area contributed by atoms with Crippen LogP contribution < -0.4 is 10.9 Å². The molecule has 7 nitrogen and oxygen atoms in total. The Kier molecular flexibility index (Phi) is 4.20. The van der Waals surface area contributed by atoms with Crippen LogP contribution in [0.15, 0.2) is 29.8 Å². The van der Waals surface area contributed by atoms with Gasteiger partial charge in [0.2, 0.25) is 5.91 Å². The highest BCUT2D eigenvalue weighted by atomic mass is 32.1. The Hall–Kier alpha value is -2.74. The number of thiophene rings is 1. The van der Waals surface area contributed by atoms with Gasteiger partial charge >= 0.3 is 0 Å². The van der Waals surface area contributed by atoms with Crippen LogP contribution in [0.2, 0.25) is 0 Å². The summed E-state index contributed by atoms with van der Waals surface area (Å²) >= 11 is 1.56. The van der Waals surface area contributed by atoms with Gasteiger partial charge in [0.1, 0.15) is 0 Å². The van der Waals surface area contributed by atoms with Crippen molar-refractivity contribution in [1.29, 1.82) is 0 Å². The Morgan fingerprint density at radius 3 is 2.77 bits per heavy atom. The summed E-state index contributed by atoms with van der Waals surface area (Å²) in [5.41, 5.74) is 6.85. The zero-order valence-corrected chi connectivity index (χ0v) is 15.3. The van der Waals surface area contributed by atoms with E-state index in [1.54, 1.807) is 28.3 Å². The molecular weight excluding hydrogens is 350 g/mol. The Morgan fingerprint density at radius 1 is 1.31 bits per heavy atom. The third-order valence-electron chi connectivity index (χ3n) is 4.32. The van der Waals surface area contributed by atoms with Gasteiger partial charge in [-0.05, 0) is 44.2 Å². The number of pyridine rings is 1. The molecule has 0 bridgehead atoms. The topological polar surface area (TPSA) is 88.9 Å². The molecule has 3 aromatic heterocycles. The van der Waals surface area contributed by atoms with Crippen molar-refractivity contribution in [2.75, 3.05) is 0 Å². The molecule has 134 valence electrons. The first-order chi connectivity index (χ1) is 12.5. The highest BCUT2D eigenvalue weighted by Gasteiger charge is 2.30. The number of nitrogens with zero attached hydrogens (tertiary/aromatic N) is 3. The minimum absolute atomic E-state index is 0.0260. The van der Waals surface area contributed by atoms with Crippen LogP contribution in [0.3, 0.4) is 0 Å². The number of hydrogen-bond donors (Lipinski definition) is 2. The van der Waals surface area contributed by atoms with Gasteiger partial charge in [-0.15, -0.1) is 11.3 Å². The number of rotatable bonds is 4. The van der Waals surface area contributed by atoms with Crippen molar-refractivity contribution in [3.8, 4) is 10.6 Å². The van der Waals surface area contributed by atoms with E-state index in [9.17, 15) is 9.59 Å². The first kappa shape index (κ1) is 16.7. The first-order valence-corrected chi connectivity index (χ1v) is 9.45. The molecule has 1 saturated carbocycles. The van der Waals surface area contributed by atoms with Gasteiger partial charge in [-0.2, -0.15) is 5.10 Å². The average Bonchev–Trinajstić information content (AvgIpc) is 3.16. The fourth-order valence-corrected chi connectivity index (χ4v) is 3.45. The summed E-state index contributed by atoms with van der Waals surface area (Å²) in [6.45, 7) is 4.03. The molecule has 0 radical (unpaired) electrons. The summed E-state index contributed by atoms with van der Waals surface area (Å²) in [4.78, 5) is 30.2. The first-order valence-electron chi connectivity index (χ1n) is 8.57. The van der Waals surface area contributed by atoms with Crippen LogP contribution in [0.25, 0.3) is 21.6 Å². The Bertz CT molecular complexity index is 973. The van der Waals surface area contributed by atoms with Gasteiger partial charge in [-0.25, -0.2) is 9.67 Å². The third kappa shape index (κ3) is 3.08. The number of carbonyl (C=O) groups is 2. The smallest absolute Gasteiger partial charge is 0.270 e. The molecule has 0 spiro atoms. The number of fused-ring (bicyclic) bond motifs is 1. The van der Waals surface area contributed by atoms with Crippen molar-refractivity contribution in [3.63, 3.8) is 0 Å². The SMILES string of the molecule is CC(C)n1ncc2c(C(=O)NNC(=O)C3CC3)cc(-c3cccs3)nc21. The molecule has 3 heterocycles. The van der Waals surface area contributed by atoms with Crippen LogP contribution in [-0.2, 0) is 4.79 Å². The standard InChI is InChI=1S/C18H19N5O2S/c1-10(2)23-16-13(9-19-23)12(8-14(20-16)15-4-3-7-26-15)18(25)22-21-17(24)11-5-6-11/h3-4,7-11H,5-6H2,1-2H3,(H,21,24)(H,22,25). The molecule has 3 aromatic rings. The summed E-state index contributed by atoms with van der Waals surface area (Å²) in [5, 5.41) is 7.02. The molecule has 26 heavy (non-hydrogen) atoms. The lowest BCUT2D eigenvalue weighted by molar-refractivity contribution is -0.123. The molecule has 2 amide bonds.